The van der Waals surface area contributed by atoms with Crippen LogP contribution in [0.5, 0.6) is 5.75 Å². The maximum Gasteiger partial charge on any atom is 0.260 e. The lowest BCUT2D eigenvalue weighted by atomic mass is 10.2. The van der Waals surface area contributed by atoms with E-state index in [1.165, 1.54) is 30.6 Å². The van der Waals surface area contributed by atoms with Crippen LogP contribution in [0.2, 0.25) is 0 Å². The van der Waals surface area contributed by atoms with Crippen molar-refractivity contribution in [3.63, 3.8) is 0 Å². The van der Waals surface area contributed by atoms with Crippen molar-refractivity contribution in [1.82, 2.24) is 9.71 Å². The number of amides is 1. The number of hydrogen-bond donors (Lipinski definition) is 1. The summed E-state index contributed by atoms with van der Waals surface area (Å²) in [6, 6.07) is 11.8. The third-order valence-corrected chi connectivity index (χ3v) is 6.90. The van der Waals surface area contributed by atoms with Crippen molar-refractivity contribution in [1.29, 1.82) is 0 Å². The number of methoxy groups -OCH3 is 1. The zero-order chi connectivity index (χ0) is 21.2. The summed E-state index contributed by atoms with van der Waals surface area (Å²) in [5.41, 5.74) is 1.06. The summed E-state index contributed by atoms with van der Waals surface area (Å²) in [4.78, 5) is 19.2. The molecule has 1 N–H and O–H groups in total. The molecule has 1 heterocycles. The molecular weight excluding hydrogens is 410 g/mol. The lowest BCUT2D eigenvalue weighted by Crippen LogP contribution is -2.32. The lowest BCUT2D eigenvalue weighted by molar-refractivity contribution is 0.0988. The molecule has 0 atom stereocenters. The summed E-state index contributed by atoms with van der Waals surface area (Å²) in [5, 5.41) is 0.569. The van der Waals surface area contributed by atoms with E-state index in [4.69, 9.17) is 4.74 Å². The molecule has 0 saturated carbocycles. The van der Waals surface area contributed by atoms with Crippen LogP contribution in [0.15, 0.2) is 47.4 Å². The van der Waals surface area contributed by atoms with Crippen LogP contribution in [0.1, 0.15) is 31.1 Å². The fourth-order valence-electron chi connectivity index (χ4n) is 2.89. The monoisotopic (exact) mass is 433 g/mol. The highest BCUT2D eigenvalue weighted by atomic mass is 32.2. The van der Waals surface area contributed by atoms with Crippen LogP contribution in [-0.2, 0) is 10.0 Å². The van der Waals surface area contributed by atoms with Crippen LogP contribution in [0, 0.1) is 0 Å². The van der Waals surface area contributed by atoms with Gasteiger partial charge in [-0.05, 0) is 51.1 Å². The topological polar surface area (TPSA) is 88.6 Å². The molecule has 2 aromatic carbocycles. The molecule has 154 valence electrons. The smallest absolute Gasteiger partial charge is 0.260 e. The van der Waals surface area contributed by atoms with Crippen molar-refractivity contribution in [3.8, 4) is 5.75 Å². The van der Waals surface area contributed by atoms with Gasteiger partial charge in [0.15, 0.2) is 5.13 Å². The number of hydrogen-bond acceptors (Lipinski definition) is 6. The summed E-state index contributed by atoms with van der Waals surface area (Å²) < 4.78 is 34.1. The van der Waals surface area contributed by atoms with Crippen molar-refractivity contribution >= 4 is 42.6 Å². The number of aromatic nitrogens is 1. The Labute approximate surface area is 174 Å². The molecule has 29 heavy (non-hydrogen) atoms. The Morgan fingerprint density at radius 2 is 1.97 bits per heavy atom. The van der Waals surface area contributed by atoms with E-state index in [1.807, 2.05) is 31.2 Å². The predicted octanol–water partition coefficient (Wildman–Crippen LogP) is 3.66. The second-order valence-corrected chi connectivity index (χ2v) is 9.35. The van der Waals surface area contributed by atoms with Gasteiger partial charge in [-0.3, -0.25) is 9.69 Å². The molecule has 0 unspecified atom stereocenters. The number of carbonyl (C=O) groups excluding carboxylic acids is 1. The van der Waals surface area contributed by atoms with Gasteiger partial charge in [-0.25, -0.2) is 18.1 Å². The highest BCUT2D eigenvalue weighted by molar-refractivity contribution is 7.89. The minimum atomic E-state index is -3.83. The van der Waals surface area contributed by atoms with Crippen molar-refractivity contribution in [2.45, 2.75) is 31.7 Å². The molecular formula is C20H23N3O4S2. The van der Waals surface area contributed by atoms with Gasteiger partial charge in [0.1, 0.15) is 10.6 Å². The average Bonchev–Trinajstić information content (AvgIpc) is 3.10. The quantitative estimate of drug-likeness (QED) is 0.614. The Morgan fingerprint density at radius 3 is 2.59 bits per heavy atom. The molecule has 0 radical (unpaired) electrons. The van der Waals surface area contributed by atoms with Crippen molar-refractivity contribution in [2.24, 2.45) is 0 Å². The predicted molar refractivity (Wildman–Crippen MR) is 115 cm³/mol. The Kier molecular flexibility index (Phi) is 6.21. The summed E-state index contributed by atoms with van der Waals surface area (Å²) in [5.74, 6) is -0.145. The minimum Gasteiger partial charge on any atom is -0.495 e. The van der Waals surface area contributed by atoms with Crippen molar-refractivity contribution < 1.29 is 17.9 Å². The highest BCUT2D eigenvalue weighted by Crippen LogP contribution is 2.31. The Hall–Kier alpha value is -2.49. The molecule has 0 aliphatic rings. The van der Waals surface area contributed by atoms with Crippen LogP contribution in [0.25, 0.3) is 10.2 Å². The fourth-order valence-corrected chi connectivity index (χ4v) is 5.36. The van der Waals surface area contributed by atoms with Crippen LogP contribution in [0.3, 0.4) is 0 Å². The maximum atomic E-state index is 13.2. The second kappa shape index (κ2) is 8.48. The zero-order valence-corrected chi connectivity index (χ0v) is 18.3. The first-order valence-electron chi connectivity index (χ1n) is 9.14. The molecule has 3 rings (SSSR count). The van der Waals surface area contributed by atoms with Gasteiger partial charge in [-0.1, -0.05) is 23.5 Å². The summed E-state index contributed by atoms with van der Waals surface area (Å²) in [6.07, 6.45) is 0. The first kappa shape index (κ1) is 21.2. The highest BCUT2D eigenvalue weighted by Gasteiger charge is 2.25. The summed E-state index contributed by atoms with van der Waals surface area (Å²) in [7, 11) is -2.44. The standard InChI is InChI=1S/C20H23N3O4S2/c1-5-23(20-21-15-8-6-7-9-17(15)28-20)19(24)14-10-11-16(27-4)18(12-14)29(25,26)22-13(2)3/h6-13,22H,5H2,1-4H3. The SMILES string of the molecule is CCN(C(=O)c1ccc(OC)c(S(=O)(=O)NC(C)C)c1)c1nc2ccccc2s1. The van der Waals surface area contributed by atoms with Gasteiger partial charge in [-0.15, -0.1) is 0 Å². The van der Waals surface area contributed by atoms with Gasteiger partial charge >= 0.3 is 0 Å². The van der Waals surface area contributed by atoms with E-state index in [1.54, 1.807) is 24.8 Å². The van der Waals surface area contributed by atoms with E-state index in [0.717, 1.165) is 10.2 Å². The third-order valence-electron chi connectivity index (χ3n) is 4.17. The van der Waals surface area contributed by atoms with Gasteiger partial charge in [0.25, 0.3) is 5.91 Å². The average molecular weight is 434 g/mol. The number of ether oxygens (including phenoxy) is 1. The lowest BCUT2D eigenvalue weighted by Gasteiger charge is -2.19. The number of thiazole rings is 1. The van der Waals surface area contributed by atoms with Gasteiger partial charge in [0, 0.05) is 18.2 Å². The number of fused-ring (bicyclic) bond motifs is 1. The number of rotatable bonds is 7. The number of para-hydroxylation sites is 1. The zero-order valence-electron chi connectivity index (χ0n) is 16.7. The van der Waals surface area contributed by atoms with Crippen LogP contribution in [0.4, 0.5) is 5.13 Å². The van der Waals surface area contributed by atoms with Gasteiger partial charge < -0.3 is 4.74 Å². The number of carbonyl (C=O) groups is 1. The van der Waals surface area contributed by atoms with Crippen LogP contribution < -0.4 is 14.4 Å². The van der Waals surface area contributed by atoms with E-state index in [0.29, 0.717) is 11.7 Å². The normalized spacial score (nSPS) is 11.8. The molecule has 0 saturated heterocycles. The first-order chi connectivity index (χ1) is 13.8. The number of nitrogens with zero attached hydrogens (tertiary/aromatic N) is 2. The third kappa shape index (κ3) is 4.42. The molecule has 7 nitrogen and oxygen atoms in total. The van der Waals surface area contributed by atoms with E-state index in [9.17, 15) is 13.2 Å². The van der Waals surface area contributed by atoms with Crippen molar-refractivity contribution in [2.75, 3.05) is 18.6 Å². The number of benzene rings is 2. The molecule has 1 amide bonds. The molecule has 1 aromatic heterocycles. The second-order valence-electron chi connectivity index (χ2n) is 6.66. The van der Waals surface area contributed by atoms with Crippen molar-refractivity contribution in [3.05, 3.63) is 48.0 Å². The Balaban J connectivity index is 2.02. The van der Waals surface area contributed by atoms with Gasteiger partial charge in [0.2, 0.25) is 10.0 Å². The molecule has 0 aliphatic carbocycles. The number of nitrogens with one attached hydrogen (secondary N) is 1. The molecule has 9 heteroatoms. The van der Waals surface area contributed by atoms with E-state index in [2.05, 4.69) is 9.71 Å². The summed E-state index contributed by atoms with van der Waals surface area (Å²) in [6.45, 7) is 5.71. The molecule has 0 aliphatic heterocycles. The Bertz CT molecular complexity index is 1110. The minimum absolute atomic E-state index is 0.0695. The van der Waals surface area contributed by atoms with Crippen LogP contribution >= 0.6 is 11.3 Å². The Morgan fingerprint density at radius 1 is 1.24 bits per heavy atom. The molecule has 0 spiro atoms. The first-order valence-corrected chi connectivity index (χ1v) is 11.4. The number of anilines is 1. The maximum absolute atomic E-state index is 13.2. The van der Waals surface area contributed by atoms with E-state index in [-0.39, 0.29) is 28.2 Å². The molecule has 0 fully saturated rings. The van der Waals surface area contributed by atoms with Gasteiger partial charge in [-0.2, -0.15) is 0 Å². The summed E-state index contributed by atoms with van der Waals surface area (Å²) >= 11 is 1.42. The molecule has 3 aromatic rings. The number of sulfonamides is 1. The van der Waals surface area contributed by atoms with Gasteiger partial charge in [0.05, 0.1) is 17.3 Å². The van der Waals surface area contributed by atoms with E-state index < -0.39 is 10.0 Å². The fraction of sp³-hybridized carbons (Fsp3) is 0.300. The van der Waals surface area contributed by atoms with Crippen LogP contribution in [-0.4, -0.2) is 39.0 Å². The van der Waals surface area contributed by atoms with E-state index >= 15 is 0 Å². The largest absolute Gasteiger partial charge is 0.495 e. The molecule has 0 bridgehead atoms.